The van der Waals surface area contributed by atoms with Crippen LogP contribution in [0.4, 0.5) is 5.82 Å². The van der Waals surface area contributed by atoms with E-state index < -0.39 is 11.6 Å². The van der Waals surface area contributed by atoms with Gasteiger partial charge in [-0.15, -0.1) is 0 Å². The van der Waals surface area contributed by atoms with Crippen LogP contribution in [0.15, 0.2) is 24.3 Å². The van der Waals surface area contributed by atoms with Crippen LogP contribution in [-0.4, -0.2) is 52.2 Å². The molecule has 162 valence electrons. The Labute approximate surface area is 179 Å². The molecule has 1 aliphatic heterocycles. The number of nitriles is 1. The van der Waals surface area contributed by atoms with Crippen LogP contribution in [0, 0.1) is 16.7 Å². The summed E-state index contributed by atoms with van der Waals surface area (Å²) >= 11 is 0. The van der Waals surface area contributed by atoms with Gasteiger partial charge in [-0.2, -0.15) is 10.4 Å². The van der Waals surface area contributed by atoms with Gasteiger partial charge in [0.1, 0.15) is 11.6 Å². The van der Waals surface area contributed by atoms with Gasteiger partial charge in [0.2, 0.25) is 5.91 Å². The molecule has 1 saturated heterocycles. The number of hydrogen-bond donors (Lipinski definition) is 3. The summed E-state index contributed by atoms with van der Waals surface area (Å²) in [4.78, 5) is 15.7. The van der Waals surface area contributed by atoms with Crippen LogP contribution in [0.1, 0.15) is 53.4 Å². The monoisotopic (exact) mass is 410 g/mol. The van der Waals surface area contributed by atoms with Crippen LogP contribution in [0.25, 0.3) is 10.9 Å². The van der Waals surface area contributed by atoms with E-state index in [1.807, 2.05) is 24.3 Å². The SMILES string of the molecule is CCCN1CCC(C#N)(NC(=O)C(CC(C)(C)C)Nc2n[nH]c3ccccc23)CC1. The van der Waals surface area contributed by atoms with Gasteiger partial charge in [0, 0.05) is 18.5 Å². The van der Waals surface area contributed by atoms with E-state index in [0.717, 1.165) is 37.0 Å². The summed E-state index contributed by atoms with van der Waals surface area (Å²) in [5.41, 5.74) is 0.0600. The highest BCUT2D eigenvalue weighted by atomic mass is 16.2. The number of anilines is 1. The number of amides is 1. The number of carbonyl (C=O) groups is 1. The summed E-state index contributed by atoms with van der Waals surface area (Å²) < 4.78 is 0. The fourth-order valence-electron chi connectivity index (χ4n) is 4.12. The number of aromatic amines is 1. The molecule has 1 unspecified atom stereocenters. The lowest BCUT2D eigenvalue weighted by molar-refractivity contribution is -0.124. The maximum Gasteiger partial charge on any atom is 0.243 e. The number of fused-ring (bicyclic) bond motifs is 1. The number of nitrogens with zero attached hydrogens (tertiary/aromatic N) is 3. The van der Waals surface area contributed by atoms with Crippen LogP contribution in [0.2, 0.25) is 0 Å². The standard InChI is InChI=1S/C23H34N6O/c1-5-12-29-13-10-23(16-24,11-14-29)26-21(30)19(15-22(2,3)4)25-20-17-8-6-7-9-18(17)27-28-20/h6-9,19H,5,10-15H2,1-4H3,(H,26,30)(H2,25,27,28). The Bertz CT molecular complexity index is 898. The third-order valence-electron chi connectivity index (χ3n) is 5.74. The molecule has 1 aliphatic rings. The Hall–Kier alpha value is -2.59. The number of rotatable bonds is 7. The van der Waals surface area contributed by atoms with Gasteiger partial charge in [-0.25, -0.2) is 0 Å². The van der Waals surface area contributed by atoms with E-state index in [1.165, 1.54) is 0 Å². The van der Waals surface area contributed by atoms with Crippen LogP contribution < -0.4 is 10.6 Å². The van der Waals surface area contributed by atoms with Gasteiger partial charge in [0.05, 0.1) is 11.6 Å². The van der Waals surface area contributed by atoms with E-state index >= 15 is 0 Å². The van der Waals surface area contributed by atoms with Crippen molar-refractivity contribution in [3.63, 3.8) is 0 Å². The van der Waals surface area contributed by atoms with Crippen molar-refractivity contribution in [1.29, 1.82) is 5.26 Å². The lowest BCUT2D eigenvalue weighted by atomic mass is 9.85. The van der Waals surface area contributed by atoms with Crippen molar-refractivity contribution >= 4 is 22.6 Å². The van der Waals surface area contributed by atoms with Crippen molar-refractivity contribution in [2.24, 2.45) is 5.41 Å². The molecule has 2 aromatic rings. The van der Waals surface area contributed by atoms with E-state index in [-0.39, 0.29) is 11.3 Å². The number of nitrogens with one attached hydrogen (secondary N) is 3. The summed E-state index contributed by atoms with van der Waals surface area (Å²) in [5.74, 6) is 0.529. The predicted molar refractivity (Wildman–Crippen MR) is 120 cm³/mol. The highest BCUT2D eigenvalue weighted by Crippen LogP contribution is 2.27. The normalized spacial score (nSPS) is 18.0. The third kappa shape index (κ3) is 5.31. The molecule has 30 heavy (non-hydrogen) atoms. The average Bonchev–Trinajstić information content (AvgIpc) is 3.11. The molecule has 0 radical (unpaired) electrons. The second-order valence-electron chi connectivity index (χ2n) is 9.60. The van der Waals surface area contributed by atoms with E-state index in [4.69, 9.17) is 0 Å². The molecule has 7 heteroatoms. The molecule has 0 aliphatic carbocycles. The molecule has 0 spiro atoms. The van der Waals surface area contributed by atoms with Crippen LogP contribution in [0.5, 0.6) is 0 Å². The summed E-state index contributed by atoms with van der Waals surface area (Å²) in [6, 6.07) is 9.78. The van der Waals surface area contributed by atoms with Crippen LogP contribution in [-0.2, 0) is 4.79 Å². The zero-order valence-electron chi connectivity index (χ0n) is 18.6. The fourth-order valence-corrected chi connectivity index (χ4v) is 4.12. The van der Waals surface area contributed by atoms with E-state index in [2.05, 4.69) is 59.5 Å². The number of likely N-dealkylation sites (tertiary alicyclic amines) is 1. The Balaban J connectivity index is 1.76. The van der Waals surface area contributed by atoms with Crippen molar-refractivity contribution < 1.29 is 4.79 Å². The summed E-state index contributed by atoms with van der Waals surface area (Å²) in [5, 5.41) is 24.7. The zero-order valence-corrected chi connectivity index (χ0v) is 18.6. The lowest BCUT2D eigenvalue weighted by Gasteiger charge is -2.38. The average molecular weight is 411 g/mol. The van der Waals surface area contributed by atoms with Crippen molar-refractivity contribution in [1.82, 2.24) is 20.4 Å². The zero-order chi connectivity index (χ0) is 21.8. The first kappa shape index (κ1) is 22.1. The summed E-state index contributed by atoms with van der Waals surface area (Å²) in [6.07, 6.45) is 3.04. The fraction of sp³-hybridized carbons (Fsp3) is 0.609. The molecule has 7 nitrogen and oxygen atoms in total. The number of carbonyl (C=O) groups excluding carboxylic acids is 1. The summed E-state index contributed by atoms with van der Waals surface area (Å²) in [7, 11) is 0. The molecule has 3 N–H and O–H groups in total. The minimum atomic E-state index is -0.799. The highest BCUT2D eigenvalue weighted by molar-refractivity contribution is 5.92. The molecule has 0 saturated carbocycles. The molecule has 1 amide bonds. The third-order valence-corrected chi connectivity index (χ3v) is 5.74. The number of hydrogen-bond acceptors (Lipinski definition) is 5. The first-order chi connectivity index (χ1) is 14.3. The largest absolute Gasteiger partial charge is 0.356 e. The molecule has 1 aromatic carbocycles. The van der Waals surface area contributed by atoms with Gasteiger partial charge < -0.3 is 15.5 Å². The topological polar surface area (TPSA) is 96.8 Å². The number of H-pyrrole nitrogens is 1. The number of benzene rings is 1. The van der Waals surface area contributed by atoms with Gasteiger partial charge in [-0.3, -0.25) is 9.89 Å². The van der Waals surface area contributed by atoms with Crippen LogP contribution in [0.3, 0.4) is 0 Å². The molecule has 1 aromatic heterocycles. The highest BCUT2D eigenvalue weighted by Gasteiger charge is 2.38. The maximum atomic E-state index is 13.3. The van der Waals surface area contributed by atoms with Crippen LogP contribution >= 0.6 is 0 Å². The maximum absolute atomic E-state index is 13.3. The second-order valence-corrected chi connectivity index (χ2v) is 9.60. The first-order valence-electron chi connectivity index (χ1n) is 10.9. The Kier molecular flexibility index (Phi) is 6.67. The smallest absolute Gasteiger partial charge is 0.243 e. The summed E-state index contributed by atoms with van der Waals surface area (Å²) in [6.45, 7) is 11.2. The van der Waals surface area contributed by atoms with Crippen molar-refractivity contribution in [2.45, 2.75) is 65.0 Å². The quantitative estimate of drug-likeness (QED) is 0.647. The minimum Gasteiger partial charge on any atom is -0.356 e. The minimum absolute atomic E-state index is 0.0641. The predicted octanol–water partition coefficient (Wildman–Crippen LogP) is 3.66. The number of piperidine rings is 1. The van der Waals surface area contributed by atoms with Crippen molar-refractivity contribution in [3.8, 4) is 6.07 Å². The molecule has 2 heterocycles. The molecular weight excluding hydrogens is 376 g/mol. The van der Waals surface area contributed by atoms with Gasteiger partial charge in [-0.1, -0.05) is 39.8 Å². The second kappa shape index (κ2) is 9.05. The van der Waals surface area contributed by atoms with Gasteiger partial charge in [-0.05, 0) is 49.8 Å². The van der Waals surface area contributed by atoms with Crippen molar-refractivity contribution in [3.05, 3.63) is 24.3 Å². The van der Waals surface area contributed by atoms with Gasteiger partial charge >= 0.3 is 0 Å². The molecule has 0 bridgehead atoms. The lowest BCUT2D eigenvalue weighted by Crippen LogP contribution is -2.57. The Morgan fingerprint density at radius 2 is 2.03 bits per heavy atom. The number of para-hydroxylation sites is 1. The molecule has 1 fully saturated rings. The van der Waals surface area contributed by atoms with E-state index in [1.54, 1.807) is 0 Å². The van der Waals surface area contributed by atoms with E-state index in [0.29, 0.717) is 25.1 Å². The Morgan fingerprint density at radius 3 is 2.67 bits per heavy atom. The molecule has 1 atom stereocenters. The van der Waals surface area contributed by atoms with Gasteiger partial charge in [0.25, 0.3) is 0 Å². The van der Waals surface area contributed by atoms with E-state index in [9.17, 15) is 10.1 Å². The van der Waals surface area contributed by atoms with Crippen molar-refractivity contribution in [2.75, 3.05) is 25.0 Å². The Morgan fingerprint density at radius 1 is 1.33 bits per heavy atom. The van der Waals surface area contributed by atoms with Gasteiger partial charge in [0.15, 0.2) is 5.82 Å². The molecule has 3 rings (SSSR count). The first-order valence-corrected chi connectivity index (χ1v) is 10.9. The number of aromatic nitrogens is 2. The molecular formula is C23H34N6O.